The van der Waals surface area contributed by atoms with Crippen LogP contribution in [0.25, 0.3) is 0 Å². The number of hydrogen-bond donors (Lipinski definition) is 4. The second kappa shape index (κ2) is 11.7. The van der Waals surface area contributed by atoms with Crippen molar-refractivity contribution in [2.45, 2.75) is 13.0 Å². The molecular weight excluding hydrogens is 428 g/mol. The molecule has 0 bridgehead atoms. The van der Waals surface area contributed by atoms with Crippen LogP contribution in [-0.2, 0) is 6.54 Å². The van der Waals surface area contributed by atoms with E-state index in [1.807, 2.05) is 67.5 Å². The van der Waals surface area contributed by atoms with Gasteiger partial charge in [0.2, 0.25) is 0 Å². The predicted molar refractivity (Wildman–Crippen MR) is 139 cm³/mol. The number of benzene rings is 3. The largest absolute Gasteiger partial charge is 0.397 e. The van der Waals surface area contributed by atoms with E-state index in [0.29, 0.717) is 43.0 Å². The molecule has 0 saturated heterocycles. The van der Waals surface area contributed by atoms with Crippen LogP contribution in [0.2, 0.25) is 0 Å². The molecule has 178 valence electrons. The number of amides is 3. The average molecular weight is 461 g/mol. The highest BCUT2D eigenvalue weighted by atomic mass is 16.2. The Balaban J connectivity index is 1.65. The van der Waals surface area contributed by atoms with Crippen LogP contribution in [-0.4, -0.2) is 44.0 Å². The van der Waals surface area contributed by atoms with Crippen molar-refractivity contribution in [3.8, 4) is 0 Å². The smallest absolute Gasteiger partial charge is 0.322 e. The summed E-state index contributed by atoms with van der Waals surface area (Å²) in [6.07, 6.45) is 0.686. The molecule has 0 aromatic heterocycles. The summed E-state index contributed by atoms with van der Waals surface area (Å²) in [5, 5.41) is 5.77. The monoisotopic (exact) mass is 460 g/mol. The van der Waals surface area contributed by atoms with E-state index in [1.165, 1.54) is 0 Å². The van der Waals surface area contributed by atoms with Crippen LogP contribution in [0, 0.1) is 0 Å². The van der Waals surface area contributed by atoms with Gasteiger partial charge in [-0.25, -0.2) is 4.79 Å². The van der Waals surface area contributed by atoms with E-state index < -0.39 is 0 Å². The summed E-state index contributed by atoms with van der Waals surface area (Å²) < 4.78 is 0. The lowest BCUT2D eigenvalue weighted by atomic mass is 10.1. The molecule has 0 aliphatic carbocycles. The molecule has 34 heavy (non-hydrogen) atoms. The van der Waals surface area contributed by atoms with Crippen molar-refractivity contribution in [3.63, 3.8) is 0 Å². The third-order valence-electron chi connectivity index (χ3n) is 5.35. The van der Waals surface area contributed by atoms with Gasteiger partial charge in [0, 0.05) is 44.1 Å². The van der Waals surface area contributed by atoms with Gasteiger partial charge in [0.1, 0.15) is 0 Å². The fraction of sp³-hybridized carbons (Fsp3) is 0.231. The highest BCUT2D eigenvalue weighted by Crippen LogP contribution is 2.19. The van der Waals surface area contributed by atoms with Crippen molar-refractivity contribution in [2.75, 3.05) is 48.5 Å². The minimum Gasteiger partial charge on any atom is -0.397 e. The van der Waals surface area contributed by atoms with Gasteiger partial charge in [-0.1, -0.05) is 24.3 Å². The zero-order chi connectivity index (χ0) is 24.5. The van der Waals surface area contributed by atoms with Crippen molar-refractivity contribution in [1.82, 2.24) is 4.90 Å². The van der Waals surface area contributed by atoms with Crippen molar-refractivity contribution >= 4 is 34.7 Å². The van der Waals surface area contributed by atoms with Crippen molar-refractivity contribution in [3.05, 3.63) is 83.9 Å². The molecule has 0 unspecified atom stereocenters. The van der Waals surface area contributed by atoms with Crippen molar-refractivity contribution in [2.24, 2.45) is 5.73 Å². The molecule has 0 fully saturated rings. The van der Waals surface area contributed by atoms with E-state index in [0.717, 1.165) is 16.9 Å². The first-order chi connectivity index (χ1) is 16.4. The van der Waals surface area contributed by atoms with Crippen molar-refractivity contribution < 1.29 is 9.59 Å². The Morgan fingerprint density at radius 3 is 2.18 bits per heavy atom. The molecule has 0 heterocycles. The number of nitrogens with one attached hydrogen (secondary N) is 2. The molecule has 8 heteroatoms. The minimum absolute atomic E-state index is 0.201. The molecule has 0 atom stereocenters. The summed E-state index contributed by atoms with van der Waals surface area (Å²) in [7, 11) is 3.93. The summed E-state index contributed by atoms with van der Waals surface area (Å²) in [4.78, 5) is 29.2. The zero-order valence-electron chi connectivity index (χ0n) is 19.6. The van der Waals surface area contributed by atoms with Crippen LogP contribution in [0.15, 0.2) is 72.8 Å². The number of urea groups is 1. The molecule has 3 aromatic rings. The number of anilines is 4. The van der Waals surface area contributed by atoms with E-state index in [2.05, 4.69) is 10.6 Å². The van der Waals surface area contributed by atoms with Gasteiger partial charge >= 0.3 is 6.03 Å². The number of nitrogens with zero attached hydrogens (tertiary/aromatic N) is 2. The Morgan fingerprint density at radius 1 is 0.882 bits per heavy atom. The summed E-state index contributed by atoms with van der Waals surface area (Å²) >= 11 is 0. The lowest BCUT2D eigenvalue weighted by molar-refractivity contribution is 0.102. The van der Waals surface area contributed by atoms with Gasteiger partial charge in [-0.15, -0.1) is 0 Å². The Hall–Kier alpha value is -4.04. The standard InChI is InChI=1S/C26H32N6O2/c1-31(2)22-14-12-21(13-15-22)29-26(34)32(17-5-16-27)18-19-8-10-20(11-9-19)25(33)30-24-7-4-3-6-23(24)28/h3-4,6-15H,5,16-18,27-28H2,1-2H3,(H,29,34)(H,30,33). The lowest BCUT2D eigenvalue weighted by Crippen LogP contribution is -2.36. The average Bonchev–Trinajstić information content (AvgIpc) is 2.83. The molecular formula is C26H32N6O2. The quantitative estimate of drug-likeness (QED) is 0.361. The van der Waals surface area contributed by atoms with E-state index in [4.69, 9.17) is 11.5 Å². The number of carbonyl (C=O) groups excluding carboxylic acids is 2. The second-order valence-electron chi connectivity index (χ2n) is 8.17. The van der Waals surface area contributed by atoms with Crippen LogP contribution in [0.4, 0.5) is 27.5 Å². The number of hydrogen-bond acceptors (Lipinski definition) is 5. The molecule has 3 rings (SSSR count). The van der Waals surface area contributed by atoms with Crippen LogP contribution in [0.3, 0.4) is 0 Å². The summed E-state index contributed by atoms with van der Waals surface area (Å²) in [5.74, 6) is -0.247. The number of carbonyl (C=O) groups is 2. The fourth-order valence-electron chi connectivity index (χ4n) is 3.37. The van der Waals surface area contributed by atoms with Crippen LogP contribution in [0.5, 0.6) is 0 Å². The lowest BCUT2D eigenvalue weighted by Gasteiger charge is -2.23. The number of para-hydroxylation sites is 2. The normalized spacial score (nSPS) is 10.4. The Bertz CT molecular complexity index is 1100. The molecule has 3 aromatic carbocycles. The van der Waals surface area contributed by atoms with E-state index in [-0.39, 0.29) is 11.9 Å². The van der Waals surface area contributed by atoms with Gasteiger partial charge in [-0.2, -0.15) is 0 Å². The molecule has 6 N–H and O–H groups in total. The SMILES string of the molecule is CN(C)c1ccc(NC(=O)N(CCCN)Cc2ccc(C(=O)Nc3ccccc3N)cc2)cc1. The Morgan fingerprint density at radius 2 is 1.56 bits per heavy atom. The third-order valence-corrected chi connectivity index (χ3v) is 5.35. The first-order valence-corrected chi connectivity index (χ1v) is 11.2. The highest BCUT2D eigenvalue weighted by molar-refractivity contribution is 6.05. The number of rotatable bonds is 9. The fourth-order valence-corrected chi connectivity index (χ4v) is 3.37. The minimum atomic E-state index is -0.247. The van der Waals surface area contributed by atoms with Crippen LogP contribution in [0.1, 0.15) is 22.3 Å². The van der Waals surface area contributed by atoms with Crippen LogP contribution >= 0.6 is 0 Å². The van der Waals surface area contributed by atoms with E-state index in [1.54, 1.807) is 29.2 Å². The van der Waals surface area contributed by atoms with Gasteiger partial charge in [0.15, 0.2) is 0 Å². The molecule has 0 spiro atoms. The second-order valence-corrected chi connectivity index (χ2v) is 8.17. The van der Waals surface area contributed by atoms with Crippen molar-refractivity contribution in [1.29, 1.82) is 0 Å². The predicted octanol–water partition coefficient (Wildman–Crippen LogP) is 3.97. The Kier molecular flexibility index (Phi) is 8.48. The maximum atomic E-state index is 12.9. The van der Waals surface area contributed by atoms with Gasteiger partial charge in [0.25, 0.3) is 5.91 Å². The summed E-state index contributed by atoms with van der Waals surface area (Å²) in [5.41, 5.74) is 15.8. The maximum absolute atomic E-state index is 12.9. The van der Waals surface area contributed by atoms with Crippen LogP contribution < -0.4 is 27.0 Å². The topological polar surface area (TPSA) is 117 Å². The first kappa shape index (κ1) is 24.6. The maximum Gasteiger partial charge on any atom is 0.322 e. The van der Waals surface area contributed by atoms with Gasteiger partial charge in [-0.05, 0) is 67.1 Å². The highest BCUT2D eigenvalue weighted by Gasteiger charge is 2.15. The molecule has 0 aliphatic heterocycles. The number of nitrogens with two attached hydrogens (primary N) is 2. The summed E-state index contributed by atoms with van der Waals surface area (Å²) in [6.45, 7) is 1.41. The van der Waals surface area contributed by atoms with Gasteiger partial charge in [-0.3, -0.25) is 4.79 Å². The molecule has 0 saturated carbocycles. The molecule has 0 aliphatic rings. The third kappa shape index (κ3) is 6.73. The zero-order valence-corrected chi connectivity index (χ0v) is 19.6. The Labute approximate surface area is 200 Å². The molecule has 0 radical (unpaired) electrons. The van der Waals surface area contributed by atoms with E-state index >= 15 is 0 Å². The van der Waals surface area contributed by atoms with Gasteiger partial charge in [0.05, 0.1) is 11.4 Å². The first-order valence-electron chi connectivity index (χ1n) is 11.2. The molecule has 3 amide bonds. The van der Waals surface area contributed by atoms with E-state index in [9.17, 15) is 9.59 Å². The van der Waals surface area contributed by atoms with Gasteiger partial charge < -0.3 is 31.9 Å². The number of nitrogen functional groups attached to an aromatic ring is 1. The summed E-state index contributed by atoms with van der Waals surface area (Å²) in [6, 6.07) is 21.7. The molecule has 8 nitrogen and oxygen atoms in total.